The van der Waals surface area contributed by atoms with Crippen LogP contribution in [-0.2, 0) is 21.1 Å². The van der Waals surface area contributed by atoms with Crippen LogP contribution in [0.4, 0.5) is 18.9 Å². The molecule has 0 bridgehead atoms. The van der Waals surface area contributed by atoms with Crippen LogP contribution in [0.1, 0.15) is 5.69 Å². The van der Waals surface area contributed by atoms with Crippen molar-refractivity contribution in [1.82, 2.24) is 4.98 Å². The lowest BCUT2D eigenvalue weighted by molar-refractivity contribution is -0.115. The highest BCUT2D eigenvalue weighted by atomic mass is 35.5. The van der Waals surface area contributed by atoms with Gasteiger partial charge in [-0.3, -0.25) is 4.79 Å². The number of carbonyl (C=O) groups excluding carboxylic acids is 1. The fourth-order valence-electron chi connectivity index (χ4n) is 2.59. The number of alkyl halides is 3. The van der Waals surface area contributed by atoms with E-state index in [1.54, 1.807) is 29.6 Å². The maximum atomic E-state index is 12.8. The number of hydrogen-bond donors (Lipinski definition) is 1. The average Bonchev–Trinajstić information content (AvgIpc) is 3.15. The van der Waals surface area contributed by atoms with Gasteiger partial charge < -0.3 is 10.1 Å². The lowest BCUT2D eigenvalue weighted by Crippen LogP contribution is -2.23. The van der Waals surface area contributed by atoms with Crippen molar-refractivity contribution in [1.29, 1.82) is 0 Å². The number of hydrogen-bond acceptors (Lipinski definition) is 6. The van der Waals surface area contributed by atoms with E-state index in [1.165, 1.54) is 18.4 Å². The number of aromatic nitrogens is 1. The zero-order valence-electron chi connectivity index (χ0n) is 15.7. The summed E-state index contributed by atoms with van der Waals surface area (Å²) in [4.78, 5) is 15.8. The molecule has 0 spiro atoms. The second kappa shape index (κ2) is 8.85. The third-order valence-electron chi connectivity index (χ3n) is 4.06. The first-order valence-electron chi connectivity index (χ1n) is 8.51. The van der Waals surface area contributed by atoms with Crippen LogP contribution < -0.4 is 10.1 Å². The molecule has 0 aliphatic rings. The summed E-state index contributed by atoms with van der Waals surface area (Å²) < 4.78 is 66.8. The molecule has 6 nitrogen and oxygen atoms in total. The summed E-state index contributed by atoms with van der Waals surface area (Å²) in [6.07, 6.45) is -0.194. The smallest absolute Gasteiger partial charge is 0.495 e. The molecule has 0 atom stereocenters. The second-order valence-corrected chi connectivity index (χ2v) is 9.37. The summed E-state index contributed by atoms with van der Waals surface area (Å²) in [6.45, 7) is 0. The van der Waals surface area contributed by atoms with E-state index in [0.717, 1.165) is 12.1 Å². The lowest BCUT2D eigenvalue weighted by atomic mass is 10.2. The van der Waals surface area contributed by atoms with E-state index in [1.807, 2.05) is 0 Å². The Labute approximate surface area is 184 Å². The SMILES string of the molecule is COc1ccc(S(=O)(=O)C(F)(F)F)cc1NC(=O)Cc1csc(-c2ccccc2Cl)n1. The zero-order chi connectivity index (χ0) is 22.8. The van der Waals surface area contributed by atoms with Gasteiger partial charge >= 0.3 is 5.51 Å². The number of benzene rings is 2. The number of halogens is 4. The number of nitrogens with one attached hydrogen (secondary N) is 1. The van der Waals surface area contributed by atoms with Crippen molar-refractivity contribution < 1.29 is 31.1 Å². The van der Waals surface area contributed by atoms with Gasteiger partial charge in [0.25, 0.3) is 9.84 Å². The topological polar surface area (TPSA) is 85.4 Å². The molecule has 0 radical (unpaired) electrons. The van der Waals surface area contributed by atoms with Gasteiger partial charge in [0, 0.05) is 10.9 Å². The predicted molar refractivity (Wildman–Crippen MR) is 111 cm³/mol. The number of rotatable bonds is 6. The van der Waals surface area contributed by atoms with E-state index >= 15 is 0 Å². The molecule has 164 valence electrons. The van der Waals surface area contributed by atoms with Crippen molar-refractivity contribution in [2.45, 2.75) is 16.8 Å². The molecule has 0 aliphatic carbocycles. The molecule has 12 heteroatoms. The Balaban J connectivity index is 1.81. The van der Waals surface area contributed by atoms with Gasteiger partial charge in [-0.15, -0.1) is 11.3 Å². The van der Waals surface area contributed by atoms with Gasteiger partial charge in [0.1, 0.15) is 10.8 Å². The Morgan fingerprint density at radius 3 is 2.58 bits per heavy atom. The van der Waals surface area contributed by atoms with Gasteiger partial charge in [-0.2, -0.15) is 13.2 Å². The molecule has 0 saturated heterocycles. The molecule has 3 aromatic rings. The van der Waals surface area contributed by atoms with Crippen molar-refractivity contribution >= 4 is 44.4 Å². The highest BCUT2D eigenvalue weighted by molar-refractivity contribution is 7.92. The van der Waals surface area contributed by atoms with Gasteiger partial charge in [-0.1, -0.05) is 29.8 Å². The largest absolute Gasteiger partial charge is 0.501 e. The van der Waals surface area contributed by atoms with Crippen LogP contribution in [0, 0.1) is 0 Å². The van der Waals surface area contributed by atoms with Crippen LogP contribution in [-0.4, -0.2) is 31.9 Å². The van der Waals surface area contributed by atoms with Crippen LogP contribution in [0.15, 0.2) is 52.7 Å². The minimum Gasteiger partial charge on any atom is -0.495 e. The normalized spacial score (nSPS) is 11.9. The second-order valence-electron chi connectivity index (χ2n) is 6.16. The van der Waals surface area contributed by atoms with Crippen molar-refractivity contribution in [2.24, 2.45) is 0 Å². The summed E-state index contributed by atoms with van der Waals surface area (Å²) in [5.74, 6) is -0.611. The highest BCUT2D eigenvalue weighted by Gasteiger charge is 2.47. The number of nitrogens with zero attached hydrogens (tertiary/aromatic N) is 1. The zero-order valence-corrected chi connectivity index (χ0v) is 18.1. The minimum absolute atomic E-state index is 0.00417. The number of ether oxygens (including phenoxy) is 1. The first-order chi connectivity index (χ1) is 14.5. The van der Waals surface area contributed by atoms with Crippen LogP contribution in [0.2, 0.25) is 5.02 Å². The Kier molecular flexibility index (Phi) is 6.58. The molecule has 1 aromatic heterocycles. The van der Waals surface area contributed by atoms with Crippen molar-refractivity contribution in [3.63, 3.8) is 0 Å². The van der Waals surface area contributed by atoms with Crippen molar-refractivity contribution in [3.8, 4) is 16.3 Å². The average molecular weight is 491 g/mol. The number of sulfone groups is 1. The number of methoxy groups -OCH3 is 1. The van der Waals surface area contributed by atoms with Gasteiger partial charge in [0.2, 0.25) is 5.91 Å². The lowest BCUT2D eigenvalue weighted by Gasteiger charge is -2.13. The van der Waals surface area contributed by atoms with E-state index in [0.29, 0.717) is 27.4 Å². The number of anilines is 1. The van der Waals surface area contributed by atoms with Gasteiger partial charge in [0.15, 0.2) is 0 Å². The molecular formula is C19H14ClF3N2O4S2. The molecule has 1 amide bonds. The van der Waals surface area contributed by atoms with E-state index in [4.69, 9.17) is 16.3 Å². The Morgan fingerprint density at radius 2 is 1.94 bits per heavy atom. The summed E-state index contributed by atoms with van der Waals surface area (Å²) in [6, 6.07) is 9.55. The molecular weight excluding hydrogens is 477 g/mol. The first kappa shape index (κ1) is 23.0. The monoisotopic (exact) mass is 490 g/mol. The molecule has 3 rings (SSSR count). The predicted octanol–water partition coefficient (Wildman–Crippen LogP) is 4.95. The van der Waals surface area contributed by atoms with Crippen LogP contribution >= 0.6 is 22.9 Å². The first-order valence-corrected chi connectivity index (χ1v) is 11.3. The van der Waals surface area contributed by atoms with Gasteiger partial charge in [-0.25, -0.2) is 13.4 Å². The van der Waals surface area contributed by atoms with Crippen molar-refractivity contribution in [2.75, 3.05) is 12.4 Å². The molecule has 2 aromatic carbocycles. The fourth-order valence-corrected chi connectivity index (χ4v) is 4.52. The van der Waals surface area contributed by atoms with Crippen LogP contribution in [0.3, 0.4) is 0 Å². The molecule has 31 heavy (non-hydrogen) atoms. The fraction of sp³-hybridized carbons (Fsp3) is 0.158. The molecule has 0 fully saturated rings. The number of thiazole rings is 1. The summed E-state index contributed by atoms with van der Waals surface area (Å²) in [7, 11) is -4.34. The number of amides is 1. The van der Waals surface area contributed by atoms with Crippen LogP contribution in [0.5, 0.6) is 5.75 Å². The standard InChI is InChI=1S/C19H14ClF3N2O4S2/c1-29-16-7-6-12(31(27,28)19(21,22)23)9-15(16)25-17(26)8-11-10-30-18(24-11)13-4-2-3-5-14(13)20/h2-7,9-10H,8H2,1H3,(H,25,26). The quantitative estimate of drug-likeness (QED) is 0.528. The maximum absolute atomic E-state index is 12.8. The molecule has 0 aliphatic heterocycles. The molecule has 0 saturated carbocycles. The Hall–Kier alpha value is -2.63. The van der Waals surface area contributed by atoms with Crippen LogP contribution in [0.25, 0.3) is 10.6 Å². The third-order valence-corrected chi connectivity index (χ3v) is 6.80. The Bertz CT molecular complexity index is 1230. The molecule has 1 N–H and O–H groups in total. The van der Waals surface area contributed by atoms with E-state index in [-0.39, 0.29) is 17.9 Å². The van der Waals surface area contributed by atoms with Gasteiger partial charge in [0.05, 0.1) is 34.8 Å². The summed E-state index contributed by atoms with van der Waals surface area (Å²) >= 11 is 7.42. The molecule has 0 unspecified atom stereocenters. The summed E-state index contributed by atoms with van der Waals surface area (Å²) in [5.41, 5.74) is -4.57. The third kappa shape index (κ3) is 5.00. The van der Waals surface area contributed by atoms with Gasteiger partial charge in [-0.05, 0) is 24.3 Å². The van der Waals surface area contributed by atoms with E-state index in [2.05, 4.69) is 10.3 Å². The van der Waals surface area contributed by atoms with E-state index < -0.39 is 26.1 Å². The van der Waals surface area contributed by atoms with Crippen molar-refractivity contribution in [3.05, 3.63) is 58.6 Å². The molecule has 1 heterocycles. The highest BCUT2D eigenvalue weighted by Crippen LogP contribution is 2.35. The summed E-state index contributed by atoms with van der Waals surface area (Å²) in [5, 5.41) is 5.13. The Morgan fingerprint density at radius 1 is 1.23 bits per heavy atom. The van der Waals surface area contributed by atoms with E-state index in [9.17, 15) is 26.4 Å². The maximum Gasteiger partial charge on any atom is 0.501 e. The minimum atomic E-state index is -5.58. The number of carbonyl (C=O) groups is 1.